The minimum absolute atomic E-state index is 0.0140. The number of aldehydes is 1. The first-order chi connectivity index (χ1) is 5.02. The molecule has 0 spiro atoms. The molecule has 0 bridgehead atoms. The van der Waals surface area contributed by atoms with Crippen molar-refractivity contribution in [2.24, 2.45) is 5.41 Å². The first kappa shape index (κ1) is 10.1. The SMILES string of the molecule is CCC(=O)NCC(C)(C)C=O. The molecule has 0 saturated heterocycles. The standard InChI is InChI=1S/C8H15NO2/c1-4-7(11)9-5-8(2,3)6-10/h6H,4-5H2,1-3H3,(H,9,11). The normalized spacial score (nSPS) is 10.8. The Morgan fingerprint density at radius 3 is 2.45 bits per heavy atom. The van der Waals surface area contributed by atoms with Crippen LogP contribution in [0.3, 0.4) is 0 Å². The largest absolute Gasteiger partial charge is 0.355 e. The Hall–Kier alpha value is -0.860. The topological polar surface area (TPSA) is 46.2 Å². The van der Waals surface area contributed by atoms with E-state index in [0.717, 1.165) is 6.29 Å². The number of hydrogen-bond donors (Lipinski definition) is 1. The second-order valence-corrected chi connectivity index (χ2v) is 3.24. The van der Waals surface area contributed by atoms with Crippen molar-refractivity contribution in [3.8, 4) is 0 Å². The molecule has 11 heavy (non-hydrogen) atoms. The molecule has 0 unspecified atom stereocenters. The summed E-state index contributed by atoms with van der Waals surface area (Å²) >= 11 is 0. The summed E-state index contributed by atoms with van der Waals surface area (Å²) in [5.74, 6) is -0.0140. The molecule has 0 saturated carbocycles. The van der Waals surface area contributed by atoms with E-state index < -0.39 is 5.41 Å². The van der Waals surface area contributed by atoms with Crippen molar-refractivity contribution >= 4 is 12.2 Å². The predicted octanol–water partition coefficient (Wildman–Crippen LogP) is 0.738. The lowest BCUT2D eigenvalue weighted by Crippen LogP contribution is -2.34. The van der Waals surface area contributed by atoms with Gasteiger partial charge in [-0.15, -0.1) is 0 Å². The fourth-order valence-electron chi connectivity index (χ4n) is 0.493. The Bertz CT molecular complexity index is 152. The second kappa shape index (κ2) is 4.11. The third-order valence-electron chi connectivity index (χ3n) is 1.38. The van der Waals surface area contributed by atoms with Crippen LogP contribution in [0.25, 0.3) is 0 Å². The first-order valence-corrected chi connectivity index (χ1v) is 3.75. The number of amides is 1. The summed E-state index contributed by atoms with van der Waals surface area (Å²) < 4.78 is 0. The van der Waals surface area contributed by atoms with Gasteiger partial charge in [-0.2, -0.15) is 0 Å². The van der Waals surface area contributed by atoms with E-state index in [0.29, 0.717) is 13.0 Å². The zero-order chi connectivity index (χ0) is 8.91. The molecule has 0 aliphatic rings. The molecular weight excluding hydrogens is 142 g/mol. The average molecular weight is 157 g/mol. The van der Waals surface area contributed by atoms with Gasteiger partial charge >= 0.3 is 0 Å². The van der Waals surface area contributed by atoms with Gasteiger partial charge in [0.1, 0.15) is 6.29 Å². The summed E-state index contributed by atoms with van der Waals surface area (Å²) in [5.41, 5.74) is -0.440. The van der Waals surface area contributed by atoms with Crippen LogP contribution in [-0.4, -0.2) is 18.7 Å². The van der Waals surface area contributed by atoms with Crippen molar-refractivity contribution in [1.82, 2.24) is 5.32 Å². The molecule has 0 rings (SSSR count). The van der Waals surface area contributed by atoms with Crippen LogP contribution < -0.4 is 5.32 Å². The molecule has 0 fully saturated rings. The molecule has 1 amide bonds. The van der Waals surface area contributed by atoms with Crippen LogP contribution in [-0.2, 0) is 9.59 Å². The van der Waals surface area contributed by atoms with Crippen LogP contribution in [0.15, 0.2) is 0 Å². The van der Waals surface area contributed by atoms with E-state index in [1.165, 1.54) is 0 Å². The van der Waals surface area contributed by atoms with Gasteiger partial charge in [-0.1, -0.05) is 20.8 Å². The van der Waals surface area contributed by atoms with Crippen molar-refractivity contribution in [3.63, 3.8) is 0 Å². The monoisotopic (exact) mass is 157 g/mol. The van der Waals surface area contributed by atoms with Crippen LogP contribution in [0.2, 0.25) is 0 Å². The molecule has 0 aliphatic carbocycles. The summed E-state index contributed by atoms with van der Waals surface area (Å²) in [7, 11) is 0. The molecule has 3 heteroatoms. The van der Waals surface area contributed by atoms with Crippen LogP contribution in [0.5, 0.6) is 0 Å². The van der Waals surface area contributed by atoms with Gasteiger partial charge in [-0.25, -0.2) is 0 Å². The van der Waals surface area contributed by atoms with Crippen molar-refractivity contribution in [3.05, 3.63) is 0 Å². The van der Waals surface area contributed by atoms with Crippen LogP contribution >= 0.6 is 0 Å². The highest BCUT2D eigenvalue weighted by atomic mass is 16.1. The zero-order valence-electron chi connectivity index (χ0n) is 7.31. The van der Waals surface area contributed by atoms with Gasteiger partial charge < -0.3 is 10.1 Å². The molecule has 0 radical (unpaired) electrons. The summed E-state index contributed by atoms with van der Waals surface area (Å²) in [6.45, 7) is 5.78. The Balaban J connectivity index is 3.69. The van der Waals surface area contributed by atoms with Gasteiger partial charge in [0.05, 0.1) is 0 Å². The molecule has 1 N–H and O–H groups in total. The fourth-order valence-corrected chi connectivity index (χ4v) is 0.493. The van der Waals surface area contributed by atoms with Gasteiger partial charge in [0.2, 0.25) is 5.91 Å². The Labute approximate surface area is 67.2 Å². The molecular formula is C8H15NO2. The van der Waals surface area contributed by atoms with E-state index in [1.54, 1.807) is 20.8 Å². The minimum atomic E-state index is -0.440. The van der Waals surface area contributed by atoms with E-state index in [4.69, 9.17) is 0 Å². The lowest BCUT2D eigenvalue weighted by molar-refractivity contribution is -0.121. The Morgan fingerprint density at radius 2 is 2.09 bits per heavy atom. The smallest absolute Gasteiger partial charge is 0.219 e. The van der Waals surface area contributed by atoms with Gasteiger partial charge in [0.25, 0.3) is 0 Å². The summed E-state index contributed by atoms with van der Waals surface area (Å²) in [6.07, 6.45) is 1.32. The van der Waals surface area contributed by atoms with Gasteiger partial charge in [-0.3, -0.25) is 4.79 Å². The maximum atomic E-state index is 10.7. The predicted molar refractivity (Wildman–Crippen MR) is 43.1 cm³/mol. The number of carbonyl (C=O) groups is 2. The average Bonchev–Trinajstić information content (AvgIpc) is 2.00. The van der Waals surface area contributed by atoms with Crippen molar-refractivity contribution in [2.75, 3.05) is 6.54 Å². The minimum Gasteiger partial charge on any atom is -0.355 e. The summed E-state index contributed by atoms with van der Waals surface area (Å²) in [6, 6.07) is 0. The molecule has 3 nitrogen and oxygen atoms in total. The molecule has 0 aliphatic heterocycles. The third kappa shape index (κ3) is 4.53. The van der Waals surface area contributed by atoms with E-state index in [2.05, 4.69) is 5.32 Å². The highest BCUT2D eigenvalue weighted by molar-refractivity contribution is 5.76. The van der Waals surface area contributed by atoms with Gasteiger partial charge in [0.15, 0.2) is 0 Å². The molecule has 0 atom stereocenters. The first-order valence-electron chi connectivity index (χ1n) is 3.75. The maximum absolute atomic E-state index is 10.7. The van der Waals surface area contributed by atoms with Gasteiger partial charge in [0, 0.05) is 18.4 Å². The molecule has 0 aromatic heterocycles. The Kier molecular flexibility index (Phi) is 3.79. The molecule has 0 aromatic rings. The summed E-state index contributed by atoms with van der Waals surface area (Å²) in [4.78, 5) is 21.1. The van der Waals surface area contributed by atoms with E-state index in [-0.39, 0.29) is 5.91 Å². The number of rotatable bonds is 4. The number of hydrogen-bond acceptors (Lipinski definition) is 2. The molecule has 0 heterocycles. The quantitative estimate of drug-likeness (QED) is 0.612. The maximum Gasteiger partial charge on any atom is 0.219 e. The van der Waals surface area contributed by atoms with Crippen molar-refractivity contribution in [1.29, 1.82) is 0 Å². The van der Waals surface area contributed by atoms with E-state index in [1.807, 2.05) is 0 Å². The highest BCUT2D eigenvalue weighted by Gasteiger charge is 2.16. The van der Waals surface area contributed by atoms with Crippen molar-refractivity contribution in [2.45, 2.75) is 27.2 Å². The molecule has 0 aromatic carbocycles. The number of nitrogens with one attached hydrogen (secondary N) is 1. The van der Waals surface area contributed by atoms with Crippen LogP contribution in [0.4, 0.5) is 0 Å². The van der Waals surface area contributed by atoms with E-state index in [9.17, 15) is 9.59 Å². The van der Waals surface area contributed by atoms with E-state index >= 15 is 0 Å². The lowest BCUT2D eigenvalue weighted by Gasteiger charge is -2.16. The fraction of sp³-hybridized carbons (Fsp3) is 0.750. The number of carbonyl (C=O) groups excluding carboxylic acids is 2. The van der Waals surface area contributed by atoms with Crippen molar-refractivity contribution < 1.29 is 9.59 Å². The summed E-state index contributed by atoms with van der Waals surface area (Å²) in [5, 5.41) is 2.65. The van der Waals surface area contributed by atoms with Crippen LogP contribution in [0, 0.1) is 5.41 Å². The second-order valence-electron chi connectivity index (χ2n) is 3.24. The molecule has 64 valence electrons. The Morgan fingerprint density at radius 1 is 1.55 bits per heavy atom. The zero-order valence-corrected chi connectivity index (χ0v) is 7.31. The highest BCUT2D eigenvalue weighted by Crippen LogP contribution is 2.07. The van der Waals surface area contributed by atoms with Gasteiger partial charge in [-0.05, 0) is 0 Å². The third-order valence-corrected chi connectivity index (χ3v) is 1.38. The lowest BCUT2D eigenvalue weighted by atomic mass is 9.96. The van der Waals surface area contributed by atoms with Crippen LogP contribution in [0.1, 0.15) is 27.2 Å².